The van der Waals surface area contributed by atoms with Crippen LogP contribution >= 0.6 is 22.7 Å². The molecular weight excluding hydrogens is 737 g/mol. The molecule has 0 radical (unpaired) electrons. The van der Waals surface area contributed by atoms with Crippen molar-refractivity contribution >= 4 is 117 Å². The zero-order chi connectivity index (χ0) is 37.9. The fourth-order valence-corrected chi connectivity index (χ4v) is 12.0. The molecule has 2 heterocycles. The van der Waals surface area contributed by atoms with Crippen molar-refractivity contribution in [2.75, 3.05) is 0 Å². The molecule has 0 aliphatic carbocycles. The van der Waals surface area contributed by atoms with E-state index in [0.717, 1.165) is 0 Å². The van der Waals surface area contributed by atoms with Gasteiger partial charge in [-0.05, 0) is 136 Å². The third-order valence-electron chi connectivity index (χ3n) is 12.4. The van der Waals surface area contributed by atoms with E-state index in [9.17, 15) is 0 Å². The van der Waals surface area contributed by atoms with Gasteiger partial charge in [0.15, 0.2) is 0 Å². The summed E-state index contributed by atoms with van der Waals surface area (Å²) in [6.07, 6.45) is 0. The van der Waals surface area contributed by atoms with Crippen LogP contribution in [0, 0.1) is 0 Å². The van der Waals surface area contributed by atoms with E-state index in [-0.39, 0.29) is 0 Å². The summed E-state index contributed by atoms with van der Waals surface area (Å²) >= 11 is 3.81. The van der Waals surface area contributed by atoms with Crippen LogP contribution < -0.4 is 0 Å². The van der Waals surface area contributed by atoms with E-state index >= 15 is 0 Å². The fraction of sp³-hybridized carbons (Fsp3) is 0. The summed E-state index contributed by atoms with van der Waals surface area (Å²) < 4.78 is 5.43. The highest BCUT2D eigenvalue weighted by atomic mass is 32.1. The van der Waals surface area contributed by atoms with Crippen LogP contribution in [-0.4, -0.2) is 0 Å². The molecule has 0 atom stereocenters. The maximum Gasteiger partial charge on any atom is 0.0369 e. The first-order valence-electron chi connectivity index (χ1n) is 19.9. The SMILES string of the molecule is c1ccc2c(-c3c4ccccc4c(-c4ccc5cc(-c6ccc7cc8c(cc7c6)sc6cc7sc9ccccc9c7cc68)ccc5c4)c4ccccc34)cccc2c1. The van der Waals surface area contributed by atoms with Gasteiger partial charge in [0.1, 0.15) is 0 Å². The van der Waals surface area contributed by atoms with Crippen LogP contribution in [0.4, 0.5) is 0 Å². The van der Waals surface area contributed by atoms with Crippen molar-refractivity contribution in [3.8, 4) is 33.4 Å². The van der Waals surface area contributed by atoms with Crippen LogP contribution in [0.3, 0.4) is 0 Å². The summed E-state index contributed by atoms with van der Waals surface area (Å²) in [4.78, 5) is 0. The van der Waals surface area contributed by atoms with E-state index in [1.54, 1.807) is 0 Å². The first kappa shape index (κ1) is 32.3. The standard InChI is InChI=1S/C56H32S2/c1-2-12-41-33(10-1)11-9-18-43(41)56-46-16-5-3-14-44(46)55(45-15-4-6-17-47(45)56)39-25-24-35-26-34(20-21-36(35)27-39)37-22-23-38-29-48-50-31-49-42-13-7-8-19-51(42)57-53(49)32-54(50)58-52(48)30-40(38)28-37/h1-32H. The summed E-state index contributed by atoms with van der Waals surface area (Å²) in [5, 5.41) is 18.1. The number of hydrogen-bond acceptors (Lipinski definition) is 2. The quantitative estimate of drug-likeness (QED) is 0.157. The molecule has 0 saturated carbocycles. The number of thiophene rings is 2. The minimum absolute atomic E-state index is 1.24. The molecule has 0 aliphatic heterocycles. The third kappa shape index (κ3) is 4.80. The van der Waals surface area contributed by atoms with Gasteiger partial charge in [0.2, 0.25) is 0 Å². The number of rotatable bonds is 3. The lowest BCUT2D eigenvalue weighted by Crippen LogP contribution is -1.91. The molecule has 0 fully saturated rings. The second kappa shape index (κ2) is 12.3. The maximum atomic E-state index is 2.43. The Balaban J connectivity index is 0.915. The maximum absolute atomic E-state index is 2.43. The fourth-order valence-electron chi connectivity index (χ4n) is 9.67. The second-order valence-corrected chi connectivity index (χ2v) is 17.8. The molecule has 2 aromatic heterocycles. The molecule has 13 aromatic rings. The molecule has 11 aromatic carbocycles. The van der Waals surface area contributed by atoms with Crippen LogP contribution in [0.15, 0.2) is 194 Å². The normalized spacial score (nSPS) is 12.1. The summed E-state index contributed by atoms with van der Waals surface area (Å²) in [5.41, 5.74) is 7.58. The number of benzene rings is 11. The Bertz CT molecular complexity index is 3800. The topological polar surface area (TPSA) is 0 Å². The van der Waals surface area contributed by atoms with Gasteiger partial charge in [-0.25, -0.2) is 0 Å². The predicted octanol–water partition coefficient (Wildman–Crippen LogP) is 17.2. The largest absolute Gasteiger partial charge is 0.135 e. The lowest BCUT2D eigenvalue weighted by Gasteiger charge is -2.19. The molecule has 268 valence electrons. The average molecular weight is 769 g/mol. The Labute approximate surface area is 342 Å². The van der Waals surface area contributed by atoms with Crippen molar-refractivity contribution in [3.05, 3.63) is 194 Å². The van der Waals surface area contributed by atoms with Crippen molar-refractivity contribution in [2.24, 2.45) is 0 Å². The van der Waals surface area contributed by atoms with Crippen LogP contribution in [0.1, 0.15) is 0 Å². The molecule has 0 bridgehead atoms. The molecule has 0 unspecified atom stereocenters. The van der Waals surface area contributed by atoms with Gasteiger partial charge in [-0.3, -0.25) is 0 Å². The van der Waals surface area contributed by atoms with Gasteiger partial charge in [0, 0.05) is 40.3 Å². The third-order valence-corrected chi connectivity index (χ3v) is 14.6. The van der Waals surface area contributed by atoms with Gasteiger partial charge >= 0.3 is 0 Å². The lowest BCUT2D eigenvalue weighted by atomic mass is 9.84. The Morgan fingerprint density at radius 1 is 0.224 bits per heavy atom. The summed E-state index contributed by atoms with van der Waals surface area (Å²) in [6.45, 7) is 0. The predicted molar refractivity (Wildman–Crippen MR) is 256 cm³/mol. The van der Waals surface area contributed by atoms with E-state index < -0.39 is 0 Å². The molecule has 58 heavy (non-hydrogen) atoms. The van der Waals surface area contributed by atoms with Crippen molar-refractivity contribution in [1.82, 2.24) is 0 Å². The van der Waals surface area contributed by atoms with Gasteiger partial charge in [-0.2, -0.15) is 0 Å². The molecule has 13 rings (SSSR count). The van der Waals surface area contributed by atoms with Gasteiger partial charge < -0.3 is 0 Å². The minimum Gasteiger partial charge on any atom is -0.135 e. The highest BCUT2D eigenvalue weighted by Gasteiger charge is 2.18. The van der Waals surface area contributed by atoms with Crippen molar-refractivity contribution in [3.63, 3.8) is 0 Å². The lowest BCUT2D eigenvalue weighted by molar-refractivity contribution is 1.67. The van der Waals surface area contributed by atoms with Gasteiger partial charge in [-0.15, -0.1) is 22.7 Å². The second-order valence-electron chi connectivity index (χ2n) is 15.6. The molecular formula is C56H32S2. The van der Waals surface area contributed by atoms with E-state index in [0.29, 0.717) is 0 Å². The zero-order valence-corrected chi connectivity index (χ0v) is 32.9. The summed E-state index contributed by atoms with van der Waals surface area (Å²) in [5.74, 6) is 0. The molecule has 2 heteroatoms. The first-order valence-corrected chi connectivity index (χ1v) is 21.5. The van der Waals surface area contributed by atoms with E-state index in [1.165, 1.54) is 128 Å². The van der Waals surface area contributed by atoms with E-state index in [2.05, 4.69) is 194 Å². The molecule has 0 nitrogen and oxygen atoms in total. The molecule has 0 spiro atoms. The highest BCUT2D eigenvalue weighted by molar-refractivity contribution is 7.28. The van der Waals surface area contributed by atoms with E-state index in [4.69, 9.17) is 0 Å². The van der Waals surface area contributed by atoms with Crippen molar-refractivity contribution < 1.29 is 0 Å². The average Bonchev–Trinajstić information content (AvgIpc) is 3.82. The minimum atomic E-state index is 1.24. The van der Waals surface area contributed by atoms with Crippen molar-refractivity contribution in [2.45, 2.75) is 0 Å². The van der Waals surface area contributed by atoms with E-state index in [1.807, 2.05) is 22.7 Å². The Kier molecular flexibility index (Phi) is 6.86. The van der Waals surface area contributed by atoms with Gasteiger partial charge in [0.25, 0.3) is 0 Å². The van der Waals surface area contributed by atoms with Gasteiger partial charge in [0.05, 0.1) is 0 Å². The molecule has 0 saturated heterocycles. The molecule has 0 amide bonds. The van der Waals surface area contributed by atoms with Crippen molar-refractivity contribution in [1.29, 1.82) is 0 Å². The number of fused-ring (bicyclic) bond motifs is 11. The monoisotopic (exact) mass is 768 g/mol. The summed E-state index contributed by atoms with van der Waals surface area (Å²) in [7, 11) is 0. The Morgan fingerprint density at radius 3 is 1.43 bits per heavy atom. The first-order chi connectivity index (χ1) is 28.7. The zero-order valence-electron chi connectivity index (χ0n) is 31.3. The highest BCUT2D eigenvalue weighted by Crippen LogP contribution is 2.47. The Hall–Kier alpha value is -6.84. The Morgan fingerprint density at radius 2 is 0.707 bits per heavy atom. The van der Waals surface area contributed by atoms with Gasteiger partial charge in [-0.1, -0.05) is 146 Å². The van der Waals surface area contributed by atoms with Crippen LogP contribution in [0.5, 0.6) is 0 Å². The summed E-state index contributed by atoms with van der Waals surface area (Å²) in [6, 6.07) is 72.7. The smallest absolute Gasteiger partial charge is 0.0369 e. The van der Waals surface area contributed by atoms with Crippen LogP contribution in [0.25, 0.3) is 128 Å². The number of hydrogen-bond donors (Lipinski definition) is 0. The van der Waals surface area contributed by atoms with Crippen LogP contribution in [-0.2, 0) is 0 Å². The molecule has 0 N–H and O–H groups in total. The van der Waals surface area contributed by atoms with Crippen LogP contribution in [0.2, 0.25) is 0 Å². The molecule has 0 aliphatic rings.